The van der Waals surface area contributed by atoms with Crippen LogP contribution in [0.5, 0.6) is 0 Å². The Balaban J connectivity index is 2.05. The van der Waals surface area contributed by atoms with Crippen LogP contribution in [0.4, 0.5) is 9.18 Å². The normalized spacial score (nSPS) is 25.4. The Kier molecular flexibility index (Phi) is 3.08. The van der Waals surface area contributed by atoms with Gasteiger partial charge in [-0.3, -0.25) is 4.90 Å². The molecule has 1 aromatic rings. The van der Waals surface area contributed by atoms with Gasteiger partial charge in [0.25, 0.3) is 0 Å². The molecule has 1 amide bonds. The Hall–Kier alpha value is -1.58. The maximum absolute atomic E-state index is 13.6. The second-order valence-electron chi connectivity index (χ2n) is 4.04. The smallest absolute Gasteiger partial charge is 0.409 e. The van der Waals surface area contributed by atoms with Gasteiger partial charge in [0, 0.05) is 13.0 Å². The topological polar surface area (TPSA) is 40.5 Å². The number of carboxylic acid groups (broad SMARTS) is 1. The van der Waals surface area contributed by atoms with E-state index in [9.17, 15) is 9.18 Å². The molecule has 1 heterocycles. The van der Waals surface area contributed by atoms with Crippen LogP contribution in [0, 0.1) is 0 Å². The molecule has 86 valence electrons. The standard InChI is InChI=1S/C12H14FNO2/c13-11-8-10(6-7-14(11)12(15)16)9-4-2-1-3-5-9/h1-5,10-11H,6-8H2,(H,15,16). The van der Waals surface area contributed by atoms with Crippen LogP contribution >= 0.6 is 0 Å². The summed E-state index contributed by atoms with van der Waals surface area (Å²) in [5, 5.41) is 8.75. The Morgan fingerprint density at radius 1 is 1.38 bits per heavy atom. The molecule has 0 spiro atoms. The molecule has 4 heteroatoms. The van der Waals surface area contributed by atoms with Crippen molar-refractivity contribution in [2.45, 2.75) is 25.1 Å². The molecule has 3 nitrogen and oxygen atoms in total. The van der Waals surface area contributed by atoms with Gasteiger partial charge in [0.15, 0.2) is 6.30 Å². The van der Waals surface area contributed by atoms with Crippen molar-refractivity contribution < 1.29 is 14.3 Å². The van der Waals surface area contributed by atoms with E-state index in [2.05, 4.69) is 0 Å². The molecule has 1 aliphatic rings. The summed E-state index contributed by atoms with van der Waals surface area (Å²) in [5.74, 6) is 0.131. The number of rotatable bonds is 1. The number of hydrogen-bond donors (Lipinski definition) is 1. The molecular weight excluding hydrogens is 209 g/mol. The average molecular weight is 223 g/mol. The van der Waals surface area contributed by atoms with Gasteiger partial charge in [0.2, 0.25) is 0 Å². The molecule has 1 N–H and O–H groups in total. The summed E-state index contributed by atoms with van der Waals surface area (Å²) in [6.07, 6.45) is -1.59. The molecule has 1 saturated heterocycles. The van der Waals surface area contributed by atoms with Crippen molar-refractivity contribution in [3.05, 3.63) is 35.9 Å². The van der Waals surface area contributed by atoms with Crippen LogP contribution in [0.25, 0.3) is 0 Å². The minimum Gasteiger partial charge on any atom is -0.465 e. The highest BCUT2D eigenvalue weighted by Gasteiger charge is 2.31. The number of likely N-dealkylation sites (tertiary alicyclic amines) is 1. The number of carbonyl (C=O) groups is 1. The highest BCUT2D eigenvalue weighted by molar-refractivity contribution is 5.65. The van der Waals surface area contributed by atoms with Gasteiger partial charge >= 0.3 is 6.09 Å². The maximum atomic E-state index is 13.6. The largest absolute Gasteiger partial charge is 0.465 e. The first-order chi connectivity index (χ1) is 7.68. The van der Waals surface area contributed by atoms with Crippen molar-refractivity contribution in [1.29, 1.82) is 0 Å². The molecule has 0 radical (unpaired) electrons. The number of piperidine rings is 1. The Morgan fingerprint density at radius 3 is 2.62 bits per heavy atom. The summed E-state index contributed by atoms with van der Waals surface area (Å²) in [6, 6.07) is 9.70. The fraction of sp³-hybridized carbons (Fsp3) is 0.417. The van der Waals surface area contributed by atoms with E-state index < -0.39 is 12.4 Å². The lowest BCUT2D eigenvalue weighted by atomic mass is 9.89. The number of benzene rings is 1. The SMILES string of the molecule is O=C(O)N1CCC(c2ccccc2)CC1F. The highest BCUT2D eigenvalue weighted by Crippen LogP contribution is 2.31. The van der Waals surface area contributed by atoms with Gasteiger partial charge in [-0.05, 0) is 17.9 Å². The summed E-state index contributed by atoms with van der Waals surface area (Å²) >= 11 is 0. The molecule has 16 heavy (non-hydrogen) atoms. The van der Waals surface area contributed by atoms with Gasteiger partial charge in [0.05, 0.1) is 0 Å². The fourth-order valence-corrected chi connectivity index (χ4v) is 2.16. The number of alkyl halides is 1. The highest BCUT2D eigenvalue weighted by atomic mass is 19.1. The van der Waals surface area contributed by atoms with Crippen LogP contribution in [-0.4, -0.2) is 28.9 Å². The van der Waals surface area contributed by atoms with Crippen molar-refractivity contribution >= 4 is 6.09 Å². The van der Waals surface area contributed by atoms with Crippen LogP contribution in [0.1, 0.15) is 24.3 Å². The molecule has 1 aliphatic heterocycles. The van der Waals surface area contributed by atoms with Crippen LogP contribution in [0.3, 0.4) is 0 Å². The Labute approximate surface area is 93.5 Å². The molecule has 0 saturated carbocycles. The zero-order valence-electron chi connectivity index (χ0n) is 8.84. The van der Waals surface area contributed by atoms with Gasteiger partial charge in [-0.1, -0.05) is 30.3 Å². The third-order valence-corrected chi connectivity index (χ3v) is 3.05. The van der Waals surface area contributed by atoms with Crippen molar-refractivity contribution in [2.24, 2.45) is 0 Å². The van der Waals surface area contributed by atoms with E-state index in [0.29, 0.717) is 6.42 Å². The summed E-state index contributed by atoms with van der Waals surface area (Å²) in [5.41, 5.74) is 1.09. The number of hydrogen-bond acceptors (Lipinski definition) is 1. The number of halogens is 1. The van der Waals surface area contributed by atoms with E-state index >= 15 is 0 Å². The third-order valence-electron chi connectivity index (χ3n) is 3.05. The summed E-state index contributed by atoms with van der Waals surface area (Å²) in [4.78, 5) is 11.6. The third kappa shape index (κ3) is 2.15. The van der Waals surface area contributed by atoms with Crippen LogP contribution in [0.2, 0.25) is 0 Å². The van der Waals surface area contributed by atoms with Crippen molar-refractivity contribution in [3.8, 4) is 0 Å². The van der Waals surface area contributed by atoms with E-state index in [1.54, 1.807) is 0 Å². The molecule has 2 rings (SSSR count). The van der Waals surface area contributed by atoms with E-state index in [-0.39, 0.29) is 18.9 Å². The Bertz CT molecular complexity index is 369. The van der Waals surface area contributed by atoms with Gasteiger partial charge in [-0.2, -0.15) is 0 Å². The first-order valence-electron chi connectivity index (χ1n) is 5.37. The zero-order valence-corrected chi connectivity index (χ0v) is 8.84. The summed E-state index contributed by atoms with van der Waals surface area (Å²) in [6.45, 7) is 0.274. The number of amides is 1. The summed E-state index contributed by atoms with van der Waals surface area (Å²) in [7, 11) is 0. The minimum absolute atomic E-state index is 0.131. The van der Waals surface area contributed by atoms with E-state index in [4.69, 9.17) is 5.11 Å². The van der Waals surface area contributed by atoms with E-state index in [1.807, 2.05) is 30.3 Å². The molecule has 0 aromatic heterocycles. The monoisotopic (exact) mass is 223 g/mol. The van der Waals surface area contributed by atoms with E-state index in [1.165, 1.54) is 0 Å². The van der Waals surface area contributed by atoms with Crippen molar-refractivity contribution in [3.63, 3.8) is 0 Å². The summed E-state index contributed by atoms with van der Waals surface area (Å²) < 4.78 is 13.6. The molecule has 2 atom stereocenters. The number of nitrogens with zero attached hydrogens (tertiary/aromatic N) is 1. The molecule has 2 unspecified atom stereocenters. The minimum atomic E-state index is -1.38. The van der Waals surface area contributed by atoms with Gasteiger partial charge in [-0.15, -0.1) is 0 Å². The maximum Gasteiger partial charge on any atom is 0.409 e. The molecule has 1 fully saturated rings. The van der Waals surface area contributed by atoms with Crippen molar-refractivity contribution in [2.75, 3.05) is 6.54 Å². The first kappa shape index (κ1) is 10.9. The quantitative estimate of drug-likeness (QED) is 0.744. The average Bonchev–Trinajstić information content (AvgIpc) is 2.29. The van der Waals surface area contributed by atoms with Crippen LogP contribution in [0.15, 0.2) is 30.3 Å². The van der Waals surface area contributed by atoms with Crippen molar-refractivity contribution in [1.82, 2.24) is 4.90 Å². The van der Waals surface area contributed by atoms with Crippen LogP contribution < -0.4 is 0 Å². The van der Waals surface area contributed by atoms with Gasteiger partial charge in [-0.25, -0.2) is 9.18 Å². The van der Waals surface area contributed by atoms with E-state index in [0.717, 1.165) is 10.5 Å². The van der Waals surface area contributed by atoms with Gasteiger partial charge in [0.1, 0.15) is 0 Å². The predicted molar refractivity (Wildman–Crippen MR) is 58.0 cm³/mol. The second kappa shape index (κ2) is 4.51. The zero-order chi connectivity index (χ0) is 11.5. The lowest BCUT2D eigenvalue weighted by Gasteiger charge is -2.33. The Morgan fingerprint density at radius 2 is 2.06 bits per heavy atom. The van der Waals surface area contributed by atoms with Crippen LogP contribution in [-0.2, 0) is 0 Å². The second-order valence-corrected chi connectivity index (χ2v) is 4.04. The lowest BCUT2D eigenvalue weighted by molar-refractivity contribution is 0.0401. The first-order valence-corrected chi connectivity index (χ1v) is 5.37. The molecule has 1 aromatic carbocycles. The molecular formula is C12H14FNO2. The molecule has 0 aliphatic carbocycles. The lowest BCUT2D eigenvalue weighted by Crippen LogP contribution is -2.42. The van der Waals surface area contributed by atoms with Gasteiger partial charge < -0.3 is 5.11 Å². The fourth-order valence-electron chi connectivity index (χ4n) is 2.16. The molecule has 0 bridgehead atoms. The predicted octanol–water partition coefficient (Wildman–Crippen LogP) is 2.84.